The molecule has 0 atom stereocenters. The first-order valence-corrected chi connectivity index (χ1v) is 5.70. The molecule has 92 valence electrons. The van der Waals surface area contributed by atoms with Gasteiger partial charge in [-0.15, -0.1) is 0 Å². The van der Waals surface area contributed by atoms with Crippen molar-refractivity contribution in [3.63, 3.8) is 0 Å². The van der Waals surface area contributed by atoms with Gasteiger partial charge in [-0.2, -0.15) is 0 Å². The Morgan fingerprint density at radius 2 is 1.89 bits per heavy atom. The van der Waals surface area contributed by atoms with Crippen LogP contribution in [-0.4, -0.2) is 16.7 Å². The number of nitrogens with one attached hydrogen (secondary N) is 2. The fraction of sp³-hybridized carbons (Fsp3) is 0.0769. The highest BCUT2D eigenvalue weighted by atomic mass is 35.5. The molecule has 0 radical (unpaired) electrons. The molecule has 0 unspecified atom stereocenters. The van der Waals surface area contributed by atoms with E-state index in [0.29, 0.717) is 22.0 Å². The average Bonchev–Trinajstić information content (AvgIpc) is 2.76. The van der Waals surface area contributed by atoms with Gasteiger partial charge < -0.3 is 10.3 Å². The second kappa shape index (κ2) is 5.06. The Hall–Kier alpha value is -2.07. The van der Waals surface area contributed by atoms with E-state index < -0.39 is 0 Å². The number of hydrogen-bond donors (Lipinski definition) is 2. The maximum Gasteiger partial charge on any atom is 0.272 e. The molecule has 0 saturated heterocycles. The lowest BCUT2D eigenvalue weighted by Gasteiger charge is -2.04. The molecular weight excluding hydrogens is 252 g/mol. The third kappa shape index (κ3) is 2.78. The van der Waals surface area contributed by atoms with Crippen LogP contribution < -0.4 is 5.32 Å². The van der Waals surface area contributed by atoms with Crippen LogP contribution in [0.15, 0.2) is 36.5 Å². The van der Waals surface area contributed by atoms with Crippen LogP contribution >= 0.6 is 11.6 Å². The summed E-state index contributed by atoms with van der Waals surface area (Å²) >= 11 is 5.71. The predicted octanol–water partition coefficient (Wildman–Crippen LogP) is 3.12. The number of carbonyl (C=O) groups excluding carboxylic acids is 2. The van der Waals surface area contributed by atoms with Crippen molar-refractivity contribution in [3.8, 4) is 0 Å². The molecule has 0 aliphatic rings. The number of benzene rings is 1. The molecule has 4 nitrogen and oxygen atoms in total. The quantitative estimate of drug-likeness (QED) is 0.835. The maximum atomic E-state index is 11.8. The van der Waals surface area contributed by atoms with Gasteiger partial charge in [0, 0.05) is 17.4 Å². The minimum atomic E-state index is -0.280. The summed E-state index contributed by atoms with van der Waals surface area (Å²) in [4.78, 5) is 25.6. The number of aromatic nitrogens is 1. The molecule has 2 N–H and O–H groups in total. The largest absolute Gasteiger partial charge is 0.356 e. The van der Waals surface area contributed by atoms with Crippen LogP contribution in [0.5, 0.6) is 0 Å². The fourth-order valence-corrected chi connectivity index (χ4v) is 1.65. The van der Waals surface area contributed by atoms with Crippen molar-refractivity contribution in [2.75, 3.05) is 5.32 Å². The Kier molecular flexibility index (Phi) is 3.48. The van der Waals surface area contributed by atoms with Crippen LogP contribution in [0.1, 0.15) is 27.8 Å². The summed E-state index contributed by atoms with van der Waals surface area (Å²) < 4.78 is 0. The standard InChI is InChI=1S/C13H11ClN2O2/c1-8(17)9-2-4-11(5-3-9)16-13(18)12-6-10(14)7-15-12/h2-7,15H,1H3,(H,16,18). The van der Waals surface area contributed by atoms with E-state index in [1.54, 1.807) is 30.3 Å². The van der Waals surface area contributed by atoms with Crippen molar-refractivity contribution < 1.29 is 9.59 Å². The zero-order chi connectivity index (χ0) is 13.1. The first-order valence-electron chi connectivity index (χ1n) is 5.32. The number of halogens is 1. The second-order valence-electron chi connectivity index (χ2n) is 3.82. The molecule has 0 aliphatic heterocycles. The monoisotopic (exact) mass is 262 g/mol. The topological polar surface area (TPSA) is 62.0 Å². The number of H-pyrrole nitrogens is 1. The Labute approximate surface area is 109 Å². The first kappa shape index (κ1) is 12.4. The van der Waals surface area contributed by atoms with E-state index in [1.807, 2.05) is 0 Å². The van der Waals surface area contributed by atoms with Crippen LogP contribution in [0, 0.1) is 0 Å². The highest BCUT2D eigenvalue weighted by molar-refractivity contribution is 6.31. The number of hydrogen-bond acceptors (Lipinski definition) is 2. The summed E-state index contributed by atoms with van der Waals surface area (Å²) in [6.07, 6.45) is 1.54. The van der Waals surface area contributed by atoms with Gasteiger partial charge >= 0.3 is 0 Å². The van der Waals surface area contributed by atoms with Crippen LogP contribution in [-0.2, 0) is 0 Å². The van der Waals surface area contributed by atoms with Crippen LogP contribution in [0.25, 0.3) is 0 Å². The molecule has 1 aromatic carbocycles. The molecule has 1 aromatic heterocycles. The summed E-state index contributed by atoms with van der Waals surface area (Å²) in [5.41, 5.74) is 1.61. The fourth-order valence-electron chi connectivity index (χ4n) is 1.49. The van der Waals surface area contributed by atoms with Gasteiger partial charge in [0.25, 0.3) is 5.91 Å². The molecule has 18 heavy (non-hydrogen) atoms. The number of rotatable bonds is 3. The van der Waals surface area contributed by atoms with E-state index in [1.165, 1.54) is 13.1 Å². The first-order chi connectivity index (χ1) is 8.56. The summed E-state index contributed by atoms with van der Waals surface area (Å²) in [5, 5.41) is 3.18. The van der Waals surface area contributed by atoms with Crippen LogP contribution in [0.4, 0.5) is 5.69 Å². The molecule has 0 bridgehead atoms. The molecule has 0 spiro atoms. The molecule has 1 amide bonds. The van der Waals surface area contributed by atoms with Crippen molar-refractivity contribution >= 4 is 29.0 Å². The van der Waals surface area contributed by atoms with Gasteiger partial charge in [0.15, 0.2) is 5.78 Å². The lowest BCUT2D eigenvalue weighted by atomic mass is 10.1. The van der Waals surface area contributed by atoms with Crippen molar-refractivity contribution in [3.05, 3.63) is 52.8 Å². The third-order valence-corrected chi connectivity index (χ3v) is 2.66. The smallest absolute Gasteiger partial charge is 0.272 e. The van der Waals surface area contributed by atoms with Gasteiger partial charge in [-0.3, -0.25) is 9.59 Å². The van der Waals surface area contributed by atoms with Gasteiger partial charge in [-0.1, -0.05) is 11.6 Å². The molecule has 0 fully saturated rings. The molecular formula is C13H11ClN2O2. The molecule has 5 heteroatoms. The highest BCUT2D eigenvalue weighted by Crippen LogP contribution is 2.13. The lowest BCUT2D eigenvalue weighted by Crippen LogP contribution is -2.12. The Bertz CT molecular complexity index is 587. The normalized spacial score (nSPS) is 10.1. The van der Waals surface area contributed by atoms with Gasteiger partial charge in [-0.05, 0) is 37.3 Å². The van der Waals surface area contributed by atoms with Crippen molar-refractivity contribution in [1.29, 1.82) is 0 Å². The number of anilines is 1. The lowest BCUT2D eigenvalue weighted by molar-refractivity contribution is 0.101. The number of ketones is 1. The summed E-state index contributed by atoms with van der Waals surface area (Å²) in [6, 6.07) is 8.23. The van der Waals surface area contributed by atoms with E-state index in [0.717, 1.165) is 0 Å². The van der Waals surface area contributed by atoms with E-state index in [2.05, 4.69) is 10.3 Å². The van der Waals surface area contributed by atoms with E-state index in [4.69, 9.17) is 11.6 Å². The zero-order valence-electron chi connectivity index (χ0n) is 9.66. The Morgan fingerprint density at radius 1 is 1.22 bits per heavy atom. The van der Waals surface area contributed by atoms with E-state index in [9.17, 15) is 9.59 Å². The van der Waals surface area contributed by atoms with Crippen LogP contribution in [0.2, 0.25) is 5.02 Å². The summed E-state index contributed by atoms with van der Waals surface area (Å²) in [6.45, 7) is 1.49. The Balaban J connectivity index is 2.10. The minimum Gasteiger partial charge on any atom is -0.356 e. The van der Waals surface area contributed by atoms with Crippen molar-refractivity contribution in [1.82, 2.24) is 4.98 Å². The number of amides is 1. The minimum absolute atomic E-state index is 0.0102. The van der Waals surface area contributed by atoms with Gasteiger partial charge in [0.05, 0.1) is 5.02 Å². The molecule has 1 heterocycles. The van der Waals surface area contributed by atoms with Crippen molar-refractivity contribution in [2.24, 2.45) is 0 Å². The number of Topliss-reactive ketones (excluding diaryl/α,β-unsaturated/α-hetero) is 1. The molecule has 2 aromatic rings. The Morgan fingerprint density at radius 3 is 2.39 bits per heavy atom. The van der Waals surface area contributed by atoms with Crippen LogP contribution in [0.3, 0.4) is 0 Å². The zero-order valence-corrected chi connectivity index (χ0v) is 10.4. The molecule has 0 aliphatic carbocycles. The van der Waals surface area contributed by atoms with Gasteiger partial charge in [0.1, 0.15) is 5.69 Å². The van der Waals surface area contributed by atoms with Gasteiger partial charge in [0.2, 0.25) is 0 Å². The summed E-state index contributed by atoms with van der Waals surface area (Å²) in [5.74, 6) is -0.290. The maximum absolute atomic E-state index is 11.8. The van der Waals surface area contributed by atoms with E-state index >= 15 is 0 Å². The number of aromatic amines is 1. The third-order valence-electron chi connectivity index (χ3n) is 2.44. The average molecular weight is 263 g/mol. The van der Waals surface area contributed by atoms with Crippen molar-refractivity contribution in [2.45, 2.75) is 6.92 Å². The highest BCUT2D eigenvalue weighted by Gasteiger charge is 2.08. The summed E-state index contributed by atoms with van der Waals surface area (Å²) in [7, 11) is 0. The molecule has 0 saturated carbocycles. The van der Waals surface area contributed by atoms with Gasteiger partial charge in [-0.25, -0.2) is 0 Å². The number of carbonyl (C=O) groups is 2. The second-order valence-corrected chi connectivity index (χ2v) is 4.26. The van der Waals surface area contributed by atoms with E-state index in [-0.39, 0.29) is 11.7 Å². The SMILES string of the molecule is CC(=O)c1ccc(NC(=O)c2cc(Cl)c[nH]2)cc1. The predicted molar refractivity (Wildman–Crippen MR) is 70.2 cm³/mol. The molecule has 2 rings (SSSR count).